The van der Waals surface area contributed by atoms with Crippen molar-refractivity contribution in [3.63, 3.8) is 0 Å². The summed E-state index contributed by atoms with van der Waals surface area (Å²) in [5.41, 5.74) is 2.50. The van der Waals surface area contributed by atoms with Crippen molar-refractivity contribution in [3.8, 4) is 0 Å². The van der Waals surface area contributed by atoms with Crippen LogP contribution in [0.25, 0.3) is 5.52 Å². The van der Waals surface area contributed by atoms with Crippen LogP contribution in [-0.4, -0.2) is 15.7 Å². The van der Waals surface area contributed by atoms with Gasteiger partial charge in [0.05, 0.1) is 11.7 Å². The lowest BCUT2D eigenvalue weighted by molar-refractivity contribution is 0.381. The Morgan fingerprint density at radius 2 is 2.22 bits per heavy atom. The van der Waals surface area contributed by atoms with Crippen LogP contribution in [0.5, 0.6) is 0 Å². The Balaban J connectivity index is 1.65. The molecule has 18 heavy (non-hydrogen) atoms. The van der Waals surface area contributed by atoms with Crippen molar-refractivity contribution in [1.29, 1.82) is 0 Å². The summed E-state index contributed by atoms with van der Waals surface area (Å²) >= 11 is 0. The van der Waals surface area contributed by atoms with E-state index in [9.17, 15) is 0 Å². The number of hydrogen-bond donors (Lipinski definition) is 1. The summed E-state index contributed by atoms with van der Waals surface area (Å²) in [5, 5.41) is 8.04. The summed E-state index contributed by atoms with van der Waals surface area (Å²) in [4.78, 5) is 0. The van der Waals surface area contributed by atoms with Crippen LogP contribution in [0.15, 0.2) is 30.6 Å². The van der Waals surface area contributed by atoms with E-state index in [2.05, 4.69) is 29.5 Å². The van der Waals surface area contributed by atoms with E-state index in [0.29, 0.717) is 6.04 Å². The maximum atomic E-state index is 4.37. The van der Waals surface area contributed by atoms with Crippen LogP contribution in [0.3, 0.4) is 0 Å². The van der Waals surface area contributed by atoms with Crippen LogP contribution in [0.2, 0.25) is 0 Å². The third-order valence-corrected chi connectivity index (χ3v) is 4.23. The Labute approximate surface area is 108 Å². The molecule has 1 fully saturated rings. The molecule has 1 aliphatic rings. The van der Waals surface area contributed by atoms with Crippen molar-refractivity contribution in [1.82, 2.24) is 14.9 Å². The van der Waals surface area contributed by atoms with E-state index in [1.54, 1.807) is 0 Å². The average molecular weight is 243 g/mol. The first-order valence-electron chi connectivity index (χ1n) is 6.99. The molecule has 1 N–H and O–H groups in total. The van der Waals surface area contributed by atoms with Crippen LogP contribution in [0.1, 0.15) is 38.2 Å². The van der Waals surface area contributed by atoms with Gasteiger partial charge < -0.3 is 5.32 Å². The highest BCUT2D eigenvalue weighted by Gasteiger charge is 2.21. The van der Waals surface area contributed by atoms with Gasteiger partial charge in [-0.2, -0.15) is 5.10 Å². The average Bonchev–Trinajstić information content (AvgIpc) is 3.06. The largest absolute Gasteiger partial charge is 0.310 e. The minimum absolute atomic E-state index is 0.617. The number of fused-ring (bicyclic) bond motifs is 1. The molecule has 0 radical (unpaired) electrons. The maximum Gasteiger partial charge on any atom is 0.0706 e. The summed E-state index contributed by atoms with van der Waals surface area (Å²) < 4.78 is 1.94. The fourth-order valence-corrected chi connectivity index (χ4v) is 3.02. The molecule has 0 spiro atoms. The summed E-state index contributed by atoms with van der Waals surface area (Å²) in [7, 11) is 0. The first-order chi connectivity index (χ1) is 8.84. The summed E-state index contributed by atoms with van der Waals surface area (Å²) in [5.74, 6) is 0.867. The first-order valence-corrected chi connectivity index (χ1v) is 6.99. The first kappa shape index (κ1) is 11.7. The quantitative estimate of drug-likeness (QED) is 0.894. The van der Waals surface area contributed by atoms with Crippen LogP contribution in [0.4, 0.5) is 0 Å². The molecule has 0 amide bonds. The van der Waals surface area contributed by atoms with Gasteiger partial charge in [0.1, 0.15) is 0 Å². The summed E-state index contributed by atoms with van der Waals surface area (Å²) in [6, 6.07) is 6.83. The zero-order valence-electron chi connectivity index (χ0n) is 11.0. The second-order valence-corrected chi connectivity index (χ2v) is 5.41. The molecule has 1 aliphatic carbocycles. The van der Waals surface area contributed by atoms with Gasteiger partial charge >= 0.3 is 0 Å². The fraction of sp³-hybridized carbons (Fsp3) is 0.533. The SMILES string of the molecule is CC(NCc1cnn2ccccc12)C1CCCC1. The maximum absolute atomic E-state index is 4.37. The Morgan fingerprint density at radius 1 is 1.39 bits per heavy atom. The van der Waals surface area contributed by atoms with Gasteiger partial charge in [-0.1, -0.05) is 18.9 Å². The van der Waals surface area contributed by atoms with Crippen molar-refractivity contribution in [2.45, 2.75) is 45.2 Å². The van der Waals surface area contributed by atoms with Crippen molar-refractivity contribution < 1.29 is 0 Å². The summed E-state index contributed by atoms with van der Waals surface area (Å²) in [6.45, 7) is 3.24. The molecular formula is C15H21N3. The van der Waals surface area contributed by atoms with E-state index < -0.39 is 0 Å². The molecular weight excluding hydrogens is 222 g/mol. The van der Waals surface area contributed by atoms with E-state index in [1.807, 2.05) is 23.0 Å². The monoisotopic (exact) mass is 243 g/mol. The van der Waals surface area contributed by atoms with Gasteiger partial charge in [-0.3, -0.25) is 0 Å². The molecule has 2 heterocycles. The van der Waals surface area contributed by atoms with Crippen LogP contribution < -0.4 is 5.32 Å². The molecule has 2 aromatic rings. The molecule has 3 rings (SSSR count). The number of hydrogen-bond acceptors (Lipinski definition) is 2. The highest BCUT2D eigenvalue weighted by molar-refractivity contribution is 5.53. The van der Waals surface area contributed by atoms with Gasteiger partial charge in [-0.25, -0.2) is 4.52 Å². The van der Waals surface area contributed by atoms with Gasteiger partial charge in [0, 0.05) is 24.3 Å². The van der Waals surface area contributed by atoms with Crippen LogP contribution >= 0.6 is 0 Å². The minimum Gasteiger partial charge on any atom is -0.310 e. The molecule has 2 aromatic heterocycles. The minimum atomic E-state index is 0.617. The van der Waals surface area contributed by atoms with Gasteiger partial charge in [0.2, 0.25) is 0 Å². The molecule has 3 nitrogen and oxygen atoms in total. The van der Waals surface area contributed by atoms with Gasteiger partial charge in [0.15, 0.2) is 0 Å². The van der Waals surface area contributed by atoms with E-state index in [4.69, 9.17) is 0 Å². The second-order valence-electron chi connectivity index (χ2n) is 5.41. The van der Waals surface area contributed by atoms with Crippen molar-refractivity contribution >= 4 is 5.52 Å². The lowest BCUT2D eigenvalue weighted by atomic mass is 10.00. The molecule has 0 saturated heterocycles. The normalized spacial score (nSPS) is 18.5. The predicted octanol–water partition coefficient (Wildman–Crippen LogP) is 3.00. The number of aromatic nitrogens is 2. The van der Waals surface area contributed by atoms with E-state index in [1.165, 1.54) is 36.8 Å². The standard InChI is InChI=1S/C15H21N3/c1-12(13-6-2-3-7-13)16-10-14-11-17-18-9-5-4-8-15(14)18/h4-5,8-9,11-13,16H,2-3,6-7,10H2,1H3. The molecule has 0 bridgehead atoms. The summed E-state index contributed by atoms with van der Waals surface area (Å²) in [6.07, 6.45) is 9.58. The van der Waals surface area contributed by atoms with Gasteiger partial charge in [-0.05, 0) is 37.8 Å². The van der Waals surface area contributed by atoms with E-state index in [0.717, 1.165) is 12.5 Å². The Bertz CT molecular complexity index is 511. The number of rotatable bonds is 4. The fourth-order valence-electron chi connectivity index (χ4n) is 3.02. The Morgan fingerprint density at radius 3 is 3.06 bits per heavy atom. The van der Waals surface area contributed by atoms with E-state index >= 15 is 0 Å². The molecule has 1 atom stereocenters. The number of nitrogens with zero attached hydrogens (tertiary/aromatic N) is 2. The van der Waals surface area contributed by atoms with Gasteiger partial charge in [0.25, 0.3) is 0 Å². The van der Waals surface area contributed by atoms with Crippen molar-refractivity contribution in [2.24, 2.45) is 5.92 Å². The number of nitrogens with one attached hydrogen (secondary N) is 1. The van der Waals surface area contributed by atoms with Crippen molar-refractivity contribution in [2.75, 3.05) is 0 Å². The molecule has 0 aliphatic heterocycles. The van der Waals surface area contributed by atoms with Crippen LogP contribution in [0, 0.1) is 5.92 Å². The molecule has 3 heteroatoms. The molecule has 1 unspecified atom stereocenters. The smallest absolute Gasteiger partial charge is 0.0706 e. The third-order valence-electron chi connectivity index (χ3n) is 4.23. The van der Waals surface area contributed by atoms with Crippen molar-refractivity contribution in [3.05, 3.63) is 36.2 Å². The molecule has 0 aromatic carbocycles. The second kappa shape index (κ2) is 5.11. The Kier molecular flexibility index (Phi) is 3.33. The van der Waals surface area contributed by atoms with Gasteiger partial charge in [-0.15, -0.1) is 0 Å². The highest BCUT2D eigenvalue weighted by Crippen LogP contribution is 2.27. The van der Waals surface area contributed by atoms with E-state index in [-0.39, 0.29) is 0 Å². The predicted molar refractivity (Wildman–Crippen MR) is 73.5 cm³/mol. The number of pyridine rings is 1. The topological polar surface area (TPSA) is 29.3 Å². The van der Waals surface area contributed by atoms with Crippen LogP contribution in [-0.2, 0) is 6.54 Å². The molecule has 96 valence electrons. The lowest BCUT2D eigenvalue weighted by Gasteiger charge is -2.20. The zero-order valence-corrected chi connectivity index (χ0v) is 11.0. The lowest BCUT2D eigenvalue weighted by Crippen LogP contribution is -2.31. The Hall–Kier alpha value is -1.35. The zero-order chi connectivity index (χ0) is 12.4. The molecule has 1 saturated carbocycles. The highest BCUT2D eigenvalue weighted by atomic mass is 15.2. The third kappa shape index (κ3) is 2.27.